The van der Waals surface area contributed by atoms with Gasteiger partial charge in [-0.05, 0) is 24.3 Å². The van der Waals surface area contributed by atoms with Crippen LogP contribution in [0.2, 0.25) is 0 Å². The Morgan fingerprint density at radius 1 is 1.08 bits per heavy atom. The van der Waals surface area contributed by atoms with E-state index in [2.05, 4.69) is 4.90 Å². The first-order chi connectivity index (χ1) is 12.2. The Labute approximate surface area is 146 Å². The fraction of sp³-hybridized carbons (Fsp3) is 0.316. The highest BCUT2D eigenvalue weighted by atomic mass is 19.1. The predicted octanol–water partition coefficient (Wildman–Crippen LogP) is 2.56. The average molecular weight is 344 g/mol. The van der Waals surface area contributed by atoms with Gasteiger partial charge in [0, 0.05) is 37.9 Å². The van der Waals surface area contributed by atoms with Gasteiger partial charge in [-0.2, -0.15) is 0 Å². The van der Waals surface area contributed by atoms with Crippen LogP contribution in [0.5, 0.6) is 11.5 Å². The van der Waals surface area contributed by atoms with Crippen molar-refractivity contribution < 1.29 is 18.7 Å². The van der Waals surface area contributed by atoms with Crippen LogP contribution in [0.1, 0.15) is 0 Å². The Bertz CT molecular complexity index is 730. The van der Waals surface area contributed by atoms with Gasteiger partial charge in [0.2, 0.25) is 0 Å². The van der Waals surface area contributed by atoms with Crippen LogP contribution in [0.15, 0.2) is 48.5 Å². The summed E-state index contributed by atoms with van der Waals surface area (Å²) in [5, 5.41) is 0. The highest BCUT2D eigenvalue weighted by Gasteiger charge is 2.22. The highest BCUT2D eigenvalue weighted by molar-refractivity contribution is 5.78. The van der Waals surface area contributed by atoms with Gasteiger partial charge in [-0.25, -0.2) is 4.39 Å². The second-order valence-electron chi connectivity index (χ2n) is 5.79. The second kappa shape index (κ2) is 7.88. The van der Waals surface area contributed by atoms with Gasteiger partial charge in [0.1, 0.15) is 5.75 Å². The number of carbonyl (C=O) groups excluding carboxylic acids is 1. The minimum absolute atomic E-state index is 0.103. The number of rotatable bonds is 5. The number of nitrogens with zero attached hydrogens (tertiary/aromatic N) is 2. The molecule has 0 spiro atoms. The summed E-state index contributed by atoms with van der Waals surface area (Å²) in [6.45, 7) is 2.53. The minimum atomic E-state index is -0.460. The van der Waals surface area contributed by atoms with Crippen LogP contribution in [-0.2, 0) is 4.79 Å². The monoisotopic (exact) mass is 344 g/mol. The molecule has 1 saturated heterocycles. The van der Waals surface area contributed by atoms with Gasteiger partial charge in [-0.1, -0.05) is 18.2 Å². The minimum Gasteiger partial charge on any atom is -0.497 e. The Hall–Kier alpha value is -2.76. The molecule has 1 aliphatic rings. The van der Waals surface area contributed by atoms with Crippen LogP contribution in [-0.4, -0.2) is 50.7 Å². The maximum Gasteiger partial charge on any atom is 0.260 e. The number of ether oxygens (including phenoxy) is 2. The van der Waals surface area contributed by atoms with Crippen molar-refractivity contribution in [1.29, 1.82) is 0 Å². The third-order valence-electron chi connectivity index (χ3n) is 4.24. The van der Waals surface area contributed by atoms with Crippen molar-refractivity contribution in [2.24, 2.45) is 0 Å². The van der Waals surface area contributed by atoms with Gasteiger partial charge in [0.05, 0.1) is 7.11 Å². The van der Waals surface area contributed by atoms with E-state index in [1.807, 2.05) is 24.3 Å². The molecule has 1 amide bonds. The molecule has 0 saturated carbocycles. The third kappa shape index (κ3) is 4.21. The van der Waals surface area contributed by atoms with E-state index in [0.29, 0.717) is 13.1 Å². The second-order valence-corrected chi connectivity index (χ2v) is 5.79. The molecular formula is C19H21FN2O3. The number of halogens is 1. The van der Waals surface area contributed by atoms with E-state index in [1.54, 1.807) is 24.1 Å². The van der Waals surface area contributed by atoms with E-state index >= 15 is 0 Å². The van der Waals surface area contributed by atoms with Gasteiger partial charge in [-0.3, -0.25) is 4.79 Å². The number of hydrogen-bond donors (Lipinski definition) is 0. The summed E-state index contributed by atoms with van der Waals surface area (Å²) in [5.74, 6) is 0.326. The molecule has 6 heteroatoms. The van der Waals surface area contributed by atoms with E-state index in [0.717, 1.165) is 24.5 Å². The Kier molecular flexibility index (Phi) is 5.38. The molecule has 25 heavy (non-hydrogen) atoms. The summed E-state index contributed by atoms with van der Waals surface area (Å²) in [4.78, 5) is 16.2. The smallest absolute Gasteiger partial charge is 0.260 e. The zero-order valence-electron chi connectivity index (χ0n) is 14.2. The number of piperazine rings is 1. The van der Waals surface area contributed by atoms with Crippen LogP contribution >= 0.6 is 0 Å². The lowest BCUT2D eigenvalue weighted by Crippen LogP contribution is -2.50. The predicted molar refractivity (Wildman–Crippen MR) is 93.7 cm³/mol. The number of methoxy groups -OCH3 is 1. The summed E-state index contributed by atoms with van der Waals surface area (Å²) in [6, 6.07) is 14.0. The Morgan fingerprint density at radius 2 is 1.84 bits per heavy atom. The first kappa shape index (κ1) is 17.1. The van der Waals surface area contributed by atoms with Crippen LogP contribution in [0.3, 0.4) is 0 Å². The van der Waals surface area contributed by atoms with Crippen LogP contribution in [0, 0.1) is 5.82 Å². The molecule has 3 rings (SSSR count). The molecule has 5 nitrogen and oxygen atoms in total. The number of para-hydroxylation sites is 1. The Balaban J connectivity index is 1.51. The Morgan fingerprint density at radius 3 is 2.56 bits per heavy atom. The lowest BCUT2D eigenvalue weighted by atomic mass is 10.2. The number of benzene rings is 2. The van der Waals surface area contributed by atoms with Crippen molar-refractivity contribution in [3.63, 3.8) is 0 Å². The average Bonchev–Trinajstić information content (AvgIpc) is 2.67. The topological polar surface area (TPSA) is 42.0 Å². The summed E-state index contributed by atoms with van der Waals surface area (Å²) >= 11 is 0. The maximum atomic E-state index is 13.5. The van der Waals surface area contributed by atoms with Gasteiger partial charge < -0.3 is 19.3 Å². The lowest BCUT2D eigenvalue weighted by molar-refractivity contribution is -0.133. The number of hydrogen-bond acceptors (Lipinski definition) is 4. The van der Waals surface area contributed by atoms with Crippen LogP contribution in [0.25, 0.3) is 0 Å². The van der Waals surface area contributed by atoms with Gasteiger partial charge in [-0.15, -0.1) is 0 Å². The molecule has 0 N–H and O–H groups in total. The first-order valence-corrected chi connectivity index (χ1v) is 8.21. The maximum absolute atomic E-state index is 13.5. The van der Waals surface area contributed by atoms with E-state index in [1.165, 1.54) is 12.1 Å². The van der Waals surface area contributed by atoms with E-state index < -0.39 is 5.82 Å². The molecule has 0 aliphatic carbocycles. The zero-order valence-corrected chi connectivity index (χ0v) is 14.2. The van der Waals surface area contributed by atoms with Crippen molar-refractivity contribution >= 4 is 11.6 Å². The van der Waals surface area contributed by atoms with Gasteiger partial charge in [0.15, 0.2) is 18.2 Å². The molecule has 0 aromatic heterocycles. The van der Waals surface area contributed by atoms with Crippen molar-refractivity contribution in [1.82, 2.24) is 4.90 Å². The molecule has 0 radical (unpaired) electrons. The van der Waals surface area contributed by atoms with Crippen molar-refractivity contribution in [2.75, 3.05) is 44.8 Å². The SMILES string of the molecule is COc1cccc(N2CCN(C(=O)COc3ccccc3F)CC2)c1. The fourth-order valence-corrected chi connectivity index (χ4v) is 2.81. The quantitative estimate of drug-likeness (QED) is 0.836. The highest BCUT2D eigenvalue weighted by Crippen LogP contribution is 2.22. The molecule has 1 fully saturated rings. The molecular weight excluding hydrogens is 323 g/mol. The molecule has 1 aliphatic heterocycles. The summed E-state index contributed by atoms with van der Waals surface area (Å²) in [6.07, 6.45) is 0. The largest absolute Gasteiger partial charge is 0.497 e. The molecule has 0 bridgehead atoms. The van der Waals surface area contributed by atoms with E-state index in [4.69, 9.17) is 9.47 Å². The lowest BCUT2D eigenvalue weighted by Gasteiger charge is -2.36. The van der Waals surface area contributed by atoms with Crippen molar-refractivity contribution in [3.8, 4) is 11.5 Å². The summed E-state index contributed by atoms with van der Waals surface area (Å²) < 4.78 is 24.1. The van der Waals surface area contributed by atoms with Gasteiger partial charge in [0.25, 0.3) is 5.91 Å². The van der Waals surface area contributed by atoms with E-state index in [-0.39, 0.29) is 18.3 Å². The third-order valence-corrected chi connectivity index (χ3v) is 4.24. The molecule has 2 aromatic rings. The van der Waals surface area contributed by atoms with Crippen molar-refractivity contribution in [2.45, 2.75) is 0 Å². The molecule has 0 unspecified atom stereocenters. The molecule has 132 valence electrons. The molecule has 1 heterocycles. The van der Waals surface area contributed by atoms with E-state index in [9.17, 15) is 9.18 Å². The summed E-state index contributed by atoms with van der Waals surface area (Å²) in [5.41, 5.74) is 1.08. The first-order valence-electron chi connectivity index (χ1n) is 8.21. The molecule has 0 atom stereocenters. The van der Waals surface area contributed by atoms with Crippen LogP contribution in [0.4, 0.5) is 10.1 Å². The summed E-state index contributed by atoms with van der Waals surface area (Å²) in [7, 11) is 1.64. The van der Waals surface area contributed by atoms with Crippen molar-refractivity contribution in [3.05, 3.63) is 54.3 Å². The number of anilines is 1. The number of amides is 1. The fourth-order valence-electron chi connectivity index (χ4n) is 2.81. The van der Waals surface area contributed by atoms with Crippen LogP contribution < -0.4 is 14.4 Å². The molecule has 2 aromatic carbocycles. The zero-order chi connectivity index (χ0) is 17.6. The number of carbonyl (C=O) groups is 1. The van der Waals surface area contributed by atoms with Gasteiger partial charge >= 0.3 is 0 Å². The standard InChI is InChI=1S/C19H21FN2O3/c1-24-16-6-4-5-15(13-16)21-9-11-22(12-10-21)19(23)14-25-18-8-3-2-7-17(18)20/h2-8,13H,9-12,14H2,1H3. The normalized spacial score (nSPS) is 14.3.